The first-order chi connectivity index (χ1) is 11.9. The summed E-state index contributed by atoms with van der Waals surface area (Å²) in [5.41, 5.74) is 0.878. The molecule has 3 rings (SSSR count). The van der Waals surface area contributed by atoms with E-state index in [0.717, 1.165) is 0 Å². The first-order valence-electron chi connectivity index (χ1n) is 7.91. The van der Waals surface area contributed by atoms with E-state index >= 15 is 0 Å². The molecule has 0 saturated carbocycles. The van der Waals surface area contributed by atoms with Crippen molar-refractivity contribution < 1.29 is 19.5 Å². The normalized spacial score (nSPS) is 19.6. The summed E-state index contributed by atoms with van der Waals surface area (Å²) in [4.78, 5) is 36.1. The highest BCUT2D eigenvalue weighted by atomic mass is 16.4. The fourth-order valence-electron chi connectivity index (χ4n) is 3.40. The molecule has 2 aromatic rings. The molecule has 0 radical (unpaired) electrons. The fraction of sp³-hybridized carbons (Fsp3) is 0.211. The van der Waals surface area contributed by atoms with E-state index in [9.17, 15) is 19.5 Å². The van der Waals surface area contributed by atoms with Crippen LogP contribution in [0.1, 0.15) is 24.5 Å². The van der Waals surface area contributed by atoms with Gasteiger partial charge in [0.1, 0.15) is 11.5 Å². The number of fused-ring (bicyclic) bond motifs is 1. The quantitative estimate of drug-likeness (QED) is 0.776. The van der Waals surface area contributed by atoms with Crippen LogP contribution in [0, 0.1) is 0 Å². The summed E-state index contributed by atoms with van der Waals surface area (Å²) < 4.78 is 0. The first kappa shape index (κ1) is 16.7. The highest BCUT2D eigenvalue weighted by Gasteiger charge is 2.50. The molecule has 0 saturated heterocycles. The number of hydrogen-bond donors (Lipinski definition) is 3. The summed E-state index contributed by atoms with van der Waals surface area (Å²) in [6.45, 7) is 1.26. The van der Waals surface area contributed by atoms with Gasteiger partial charge in [0.15, 0.2) is 0 Å². The third-order valence-electron chi connectivity index (χ3n) is 4.48. The Morgan fingerprint density at radius 1 is 1.12 bits per heavy atom. The molecule has 3 N–H and O–H groups in total. The van der Waals surface area contributed by atoms with Gasteiger partial charge in [-0.1, -0.05) is 48.5 Å². The average Bonchev–Trinajstić information content (AvgIpc) is 2.87. The molecule has 2 amide bonds. The number of amides is 2. The van der Waals surface area contributed by atoms with E-state index < -0.39 is 23.3 Å². The van der Waals surface area contributed by atoms with E-state index in [1.807, 2.05) is 24.3 Å². The Morgan fingerprint density at radius 2 is 1.76 bits per heavy atom. The molecule has 0 fully saturated rings. The molecule has 128 valence electrons. The van der Waals surface area contributed by atoms with E-state index in [0.29, 0.717) is 16.8 Å². The van der Waals surface area contributed by atoms with E-state index in [-0.39, 0.29) is 12.3 Å². The van der Waals surface area contributed by atoms with Gasteiger partial charge in [0.05, 0.1) is 0 Å². The van der Waals surface area contributed by atoms with Crippen molar-refractivity contribution in [1.29, 1.82) is 0 Å². The van der Waals surface area contributed by atoms with Crippen LogP contribution >= 0.6 is 0 Å². The Hall–Kier alpha value is -3.15. The molecular weight excluding hydrogens is 320 g/mol. The van der Waals surface area contributed by atoms with Crippen LogP contribution < -0.4 is 10.6 Å². The van der Waals surface area contributed by atoms with Gasteiger partial charge in [-0.3, -0.25) is 9.59 Å². The zero-order valence-electron chi connectivity index (χ0n) is 13.7. The van der Waals surface area contributed by atoms with Gasteiger partial charge in [0, 0.05) is 19.0 Å². The van der Waals surface area contributed by atoms with Crippen molar-refractivity contribution in [2.24, 2.45) is 0 Å². The maximum Gasteiger partial charge on any atom is 0.326 e. The van der Waals surface area contributed by atoms with Gasteiger partial charge in [-0.05, 0) is 17.2 Å². The molecule has 6 heteroatoms. The molecule has 0 spiro atoms. The number of para-hydroxylation sites is 1. The predicted octanol–water partition coefficient (Wildman–Crippen LogP) is 1.90. The lowest BCUT2D eigenvalue weighted by atomic mass is 9.71. The van der Waals surface area contributed by atoms with Gasteiger partial charge in [-0.25, -0.2) is 4.79 Å². The third-order valence-corrected chi connectivity index (χ3v) is 4.48. The van der Waals surface area contributed by atoms with Crippen LogP contribution in [0.15, 0.2) is 54.6 Å². The Balaban J connectivity index is 2.16. The Labute approximate surface area is 144 Å². The maximum atomic E-state index is 13.0. The Bertz CT molecular complexity index is 834. The lowest BCUT2D eigenvalue weighted by Gasteiger charge is -2.31. The van der Waals surface area contributed by atoms with Gasteiger partial charge in [0.2, 0.25) is 11.8 Å². The lowest BCUT2D eigenvalue weighted by Crippen LogP contribution is -2.48. The minimum absolute atomic E-state index is 0.0746. The molecule has 25 heavy (non-hydrogen) atoms. The van der Waals surface area contributed by atoms with Crippen LogP contribution in [-0.4, -0.2) is 28.9 Å². The van der Waals surface area contributed by atoms with Gasteiger partial charge in [-0.15, -0.1) is 0 Å². The number of carboxylic acids is 1. The average molecular weight is 338 g/mol. The molecule has 0 aliphatic carbocycles. The van der Waals surface area contributed by atoms with E-state index in [2.05, 4.69) is 10.6 Å². The third kappa shape index (κ3) is 2.87. The Kier molecular flexibility index (Phi) is 4.27. The van der Waals surface area contributed by atoms with Crippen LogP contribution in [0.2, 0.25) is 0 Å². The van der Waals surface area contributed by atoms with Crippen LogP contribution in [0.5, 0.6) is 0 Å². The molecule has 1 aliphatic heterocycles. The van der Waals surface area contributed by atoms with Gasteiger partial charge in [-0.2, -0.15) is 0 Å². The second kappa shape index (κ2) is 6.39. The molecule has 1 aliphatic rings. The molecule has 0 aromatic heterocycles. The summed E-state index contributed by atoms with van der Waals surface area (Å²) >= 11 is 0. The van der Waals surface area contributed by atoms with Crippen molar-refractivity contribution in [2.45, 2.75) is 24.8 Å². The number of hydrogen-bond acceptors (Lipinski definition) is 3. The topological polar surface area (TPSA) is 95.5 Å². The number of nitrogens with one attached hydrogen (secondary N) is 2. The number of carbonyl (C=O) groups is 3. The highest BCUT2D eigenvalue weighted by Crippen LogP contribution is 2.45. The molecule has 0 unspecified atom stereocenters. The summed E-state index contributed by atoms with van der Waals surface area (Å²) in [6, 6.07) is 15.1. The SMILES string of the molecule is CC(=O)N[C@H](C[C@@]1(c2ccccc2)C(=O)Nc2ccccc21)C(=O)O. The fourth-order valence-corrected chi connectivity index (χ4v) is 3.40. The minimum atomic E-state index is -1.19. The minimum Gasteiger partial charge on any atom is -0.480 e. The monoisotopic (exact) mass is 338 g/mol. The second-order valence-corrected chi connectivity index (χ2v) is 6.07. The van der Waals surface area contributed by atoms with Crippen LogP contribution in [0.25, 0.3) is 0 Å². The second-order valence-electron chi connectivity index (χ2n) is 6.07. The molecule has 2 aromatic carbocycles. The molecule has 6 nitrogen and oxygen atoms in total. The maximum absolute atomic E-state index is 13.0. The van der Waals surface area contributed by atoms with Crippen molar-refractivity contribution in [3.8, 4) is 0 Å². The van der Waals surface area contributed by atoms with E-state index in [1.54, 1.807) is 30.3 Å². The lowest BCUT2D eigenvalue weighted by molar-refractivity contribution is -0.142. The number of carbonyl (C=O) groups excluding carboxylic acids is 2. The standard InChI is InChI=1S/C19H18N2O4/c1-12(22)20-16(17(23)24)11-19(13-7-3-2-4-8-13)14-9-5-6-10-15(14)21-18(19)25/h2-10,16H,11H2,1H3,(H,20,22)(H,21,25)(H,23,24)/t16-,19+/m1/s1. The van der Waals surface area contributed by atoms with Crippen LogP contribution in [0.3, 0.4) is 0 Å². The number of benzene rings is 2. The van der Waals surface area contributed by atoms with Crippen LogP contribution in [-0.2, 0) is 19.8 Å². The number of aliphatic carboxylic acids is 1. The Morgan fingerprint density at radius 3 is 2.40 bits per heavy atom. The molecular formula is C19H18N2O4. The van der Waals surface area contributed by atoms with Gasteiger partial charge in [0.25, 0.3) is 0 Å². The zero-order valence-corrected chi connectivity index (χ0v) is 13.7. The molecule has 1 heterocycles. The summed E-state index contributed by atoms with van der Waals surface area (Å²) in [5.74, 6) is -1.93. The molecule has 0 bridgehead atoms. The number of carboxylic acid groups (broad SMARTS) is 1. The van der Waals surface area contributed by atoms with E-state index in [4.69, 9.17) is 0 Å². The van der Waals surface area contributed by atoms with Crippen molar-refractivity contribution >= 4 is 23.5 Å². The first-order valence-corrected chi connectivity index (χ1v) is 7.91. The van der Waals surface area contributed by atoms with Crippen molar-refractivity contribution in [2.75, 3.05) is 5.32 Å². The largest absolute Gasteiger partial charge is 0.480 e. The molecule has 2 atom stereocenters. The predicted molar refractivity (Wildman–Crippen MR) is 92.2 cm³/mol. The number of anilines is 1. The summed E-state index contributed by atoms with van der Waals surface area (Å²) in [6.07, 6.45) is -0.0746. The smallest absolute Gasteiger partial charge is 0.326 e. The highest BCUT2D eigenvalue weighted by molar-refractivity contribution is 6.09. The number of rotatable bonds is 5. The van der Waals surface area contributed by atoms with E-state index in [1.165, 1.54) is 6.92 Å². The summed E-state index contributed by atoms with van der Waals surface area (Å²) in [7, 11) is 0. The van der Waals surface area contributed by atoms with Crippen LogP contribution in [0.4, 0.5) is 5.69 Å². The zero-order chi connectivity index (χ0) is 18.0. The van der Waals surface area contributed by atoms with Crippen molar-refractivity contribution in [3.05, 3.63) is 65.7 Å². The van der Waals surface area contributed by atoms with Gasteiger partial charge < -0.3 is 15.7 Å². The van der Waals surface area contributed by atoms with Gasteiger partial charge >= 0.3 is 5.97 Å². The van der Waals surface area contributed by atoms with Crippen molar-refractivity contribution in [1.82, 2.24) is 5.32 Å². The summed E-state index contributed by atoms with van der Waals surface area (Å²) in [5, 5.41) is 14.8. The van der Waals surface area contributed by atoms with Crippen molar-refractivity contribution in [3.63, 3.8) is 0 Å².